The van der Waals surface area contributed by atoms with Crippen molar-refractivity contribution in [2.75, 3.05) is 4.72 Å². The number of hydrogen-bond donors (Lipinski definition) is 1. The molecule has 0 aliphatic carbocycles. The SMILES string of the molecule is Cc1ccccc1NSF. The fourth-order valence-corrected chi connectivity index (χ4v) is 1.04. The van der Waals surface area contributed by atoms with E-state index in [2.05, 4.69) is 4.72 Å². The predicted octanol–water partition coefficient (Wildman–Crippen LogP) is 2.94. The van der Waals surface area contributed by atoms with Gasteiger partial charge in [0.15, 0.2) is 12.3 Å². The number of para-hydroxylation sites is 1. The van der Waals surface area contributed by atoms with Gasteiger partial charge in [0, 0.05) is 5.69 Å². The van der Waals surface area contributed by atoms with Gasteiger partial charge >= 0.3 is 0 Å². The summed E-state index contributed by atoms with van der Waals surface area (Å²) in [4.78, 5) is 0. The Labute approximate surface area is 64.1 Å². The maximum Gasteiger partial charge on any atom is 0.162 e. The van der Waals surface area contributed by atoms with E-state index < -0.39 is 0 Å². The van der Waals surface area contributed by atoms with E-state index in [-0.39, 0.29) is 12.3 Å². The molecule has 1 N–H and O–H groups in total. The molecular formula is C7H8FNS. The van der Waals surface area contributed by atoms with Crippen molar-refractivity contribution in [3.63, 3.8) is 0 Å². The minimum atomic E-state index is 0.119. The maximum atomic E-state index is 11.7. The van der Waals surface area contributed by atoms with Crippen LogP contribution >= 0.6 is 12.3 Å². The Kier molecular flexibility index (Phi) is 2.57. The second-order valence-corrected chi connectivity index (χ2v) is 2.35. The van der Waals surface area contributed by atoms with Crippen LogP contribution in [0.4, 0.5) is 9.57 Å². The number of nitrogens with one attached hydrogen (secondary N) is 1. The quantitative estimate of drug-likeness (QED) is 0.662. The monoisotopic (exact) mass is 157 g/mol. The molecule has 0 aliphatic heterocycles. The molecule has 0 amide bonds. The van der Waals surface area contributed by atoms with Crippen molar-refractivity contribution >= 4 is 18.0 Å². The molecule has 0 bridgehead atoms. The third kappa shape index (κ3) is 1.64. The zero-order valence-electron chi connectivity index (χ0n) is 5.60. The molecule has 0 saturated carbocycles. The van der Waals surface area contributed by atoms with Crippen LogP contribution in [0, 0.1) is 6.92 Å². The third-order valence-electron chi connectivity index (χ3n) is 1.29. The van der Waals surface area contributed by atoms with E-state index in [9.17, 15) is 3.89 Å². The minimum absolute atomic E-state index is 0.119. The molecule has 1 rings (SSSR count). The van der Waals surface area contributed by atoms with Crippen molar-refractivity contribution in [2.45, 2.75) is 6.92 Å². The molecule has 0 unspecified atom stereocenters. The summed E-state index contributed by atoms with van der Waals surface area (Å²) in [7, 11) is 0. The molecule has 0 fully saturated rings. The molecule has 54 valence electrons. The summed E-state index contributed by atoms with van der Waals surface area (Å²) in [6, 6.07) is 7.55. The van der Waals surface area contributed by atoms with E-state index >= 15 is 0 Å². The highest BCUT2D eigenvalue weighted by Crippen LogP contribution is 2.17. The summed E-state index contributed by atoms with van der Waals surface area (Å²) in [6.45, 7) is 1.93. The average Bonchev–Trinajstić information content (AvgIpc) is 1.94. The first-order valence-corrected chi connectivity index (χ1v) is 3.65. The van der Waals surface area contributed by atoms with Crippen LogP contribution in [0.3, 0.4) is 0 Å². The van der Waals surface area contributed by atoms with Gasteiger partial charge in [-0.15, -0.1) is 3.89 Å². The van der Waals surface area contributed by atoms with Crippen molar-refractivity contribution in [2.24, 2.45) is 0 Å². The Morgan fingerprint density at radius 3 is 2.70 bits per heavy atom. The predicted molar refractivity (Wildman–Crippen MR) is 43.5 cm³/mol. The smallest absolute Gasteiger partial charge is 0.162 e. The van der Waals surface area contributed by atoms with Crippen LogP contribution in [0.15, 0.2) is 24.3 Å². The minimum Gasteiger partial charge on any atom is -0.302 e. The van der Waals surface area contributed by atoms with E-state index in [4.69, 9.17) is 0 Å². The largest absolute Gasteiger partial charge is 0.302 e. The molecule has 1 aromatic carbocycles. The molecule has 1 aromatic rings. The number of benzene rings is 1. The summed E-state index contributed by atoms with van der Waals surface area (Å²) in [5.41, 5.74) is 1.88. The zero-order chi connectivity index (χ0) is 7.40. The van der Waals surface area contributed by atoms with Gasteiger partial charge in [-0.1, -0.05) is 18.2 Å². The summed E-state index contributed by atoms with van der Waals surface area (Å²) in [5, 5.41) is 0. The van der Waals surface area contributed by atoms with E-state index in [1.165, 1.54) is 0 Å². The lowest BCUT2D eigenvalue weighted by molar-refractivity contribution is 0.943. The Bertz CT molecular complexity index is 215. The third-order valence-corrected chi connectivity index (χ3v) is 1.59. The number of halogens is 1. The zero-order valence-corrected chi connectivity index (χ0v) is 6.41. The molecule has 0 aromatic heterocycles. The van der Waals surface area contributed by atoms with E-state index in [1.54, 1.807) is 0 Å². The fraction of sp³-hybridized carbons (Fsp3) is 0.143. The molecular weight excluding hydrogens is 149 g/mol. The molecule has 10 heavy (non-hydrogen) atoms. The van der Waals surface area contributed by atoms with E-state index in [0.717, 1.165) is 11.3 Å². The van der Waals surface area contributed by atoms with Gasteiger partial charge in [0.05, 0.1) is 0 Å². The summed E-state index contributed by atoms with van der Waals surface area (Å²) in [6.07, 6.45) is 0. The fourth-order valence-electron chi connectivity index (χ4n) is 0.729. The number of aryl methyl sites for hydroxylation is 1. The summed E-state index contributed by atoms with van der Waals surface area (Å²) < 4.78 is 14.2. The topological polar surface area (TPSA) is 12.0 Å². The second kappa shape index (κ2) is 3.46. The lowest BCUT2D eigenvalue weighted by Gasteiger charge is -2.01. The van der Waals surface area contributed by atoms with Gasteiger partial charge in [0.1, 0.15) is 0 Å². The number of hydrogen-bond acceptors (Lipinski definition) is 2. The highest BCUT2D eigenvalue weighted by Gasteiger charge is 1.93. The van der Waals surface area contributed by atoms with Crippen molar-refractivity contribution in [1.29, 1.82) is 0 Å². The van der Waals surface area contributed by atoms with Crippen LogP contribution in [0.1, 0.15) is 5.56 Å². The average molecular weight is 157 g/mol. The van der Waals surface area contributed by atoms with Gasteiger partial charge in [0.2, 0.25) is 0 Å². The van der Waals surface area contributed by atoms with Gasteiger partial charge in [0.25, 0.3) is 0 Å². The van der Waals surface area contributed by atoms with Crippen LogP contribution in [0.5, 0.6) is 0 Å². The Morgan fingerprint density at radius 1 is 1.40 bits per heavy atom. The molecule has 0 radical (unpaired) electrons. The van der Waals surface area contributed by atoms with Gasteiger partial charge in [-0.25, -0.2) is 0 Å². The first-order chi connectivity index (χ1) is 4.84. The lowest BCUT2D eigenvalue weighted by Crippen LogP contribution is -1.85. The molecule has 0 heterocycles. The molecule has 0 atom stereocenters. The van der Waals surface area contributed by atoms with Crippen molar-refractivity contribution < 1.29 is 3.89 Å². The standard InChI is InChI=1S/C7H8FNS/c1-6-4-2-3-5-7(6)9-10-8/h2-5,9H,1H3. The normalized spacial score (nSPS) is 9.40. The summed E-state index contributed by atoms with van der Waals surface area (Å²) in [5.74, 6) is 0. The molecule has 0 saturated heterocycles. The summed E-state index contributed by atoms with van der Waals surface area (Å²) >= 11 is 0.119. The first kappa shape index (κ1) is 7.41. The Morgan fingerprint density at radius 2 is 2.10 bits per heavy atom. The maximum absolute atomic E-state index is 11.7. The van der Waals surface area contributed by atoms with Crippen molar-refractivity contribution in [3.8, 4) is 0 Å². The van der Waals surface area contributed by atoms with Crippen molar-refractivity contribution in [3.05, 3.63) is 29.8 Å². The van der Waals surface area contributed by atoms with Gasteiger partial charge in [-0.05, 0) is 18.6 Å². The Hall–Kier alpha value is -0.700. The highest BCUT2D eigenvalue weighted by atomic mass is 32.2. The van der Waals surface area contributed by atoms with Crippen LogP contribution in [0.25, 0.3) is 0 Å². The molecule has 0 aliphatic rings. The van der Waals surface area contributed by atoms with Gasteiger partial charge < -0.3 is 4.72 Å². The van der Waals surface area contributed by atoms with Gasteiger partial charge in [-0.3, -0.25) is 0 Å². The number of rotatable bonds is 2. The molecule has 3 heteroatoms. The Balaban J connectivity index is 2.81. The van der Waals surface area contributed by atoms with Crippen LogP contribution in [-0.2, 0) is 0 Å². The van der Waals surface area contributed by atoms with Crippen molar-refractivity contribution in [1.82, 2.24) is 0 Å². The van der Waals surface area contributed by atoms with Gasteiger partial charge in [-0.2, -0.15) is 0 Å². The van der Waals surface area contributed by atoms with Crippen LogP contribution in [0.2, 0.25) is 0 Å². The molecule has 0 spiro atoms. The number of anilines is 1. The lowest BCUT2D eigenvalue weighted by atomic mass is 10.2. The first-order valence-electron chi connectivity index (χ1n) is 2.94. The highest BCUT2D eigenvalue weighted by molar-refractivity contribution is 7.95. The van der Waals surface area contributed by atoms with E-state index in [1.807, 2.05) is 31.2 Å². The second-order valence-electron chi connectivity index (χ2n) is 1.99. The van der Waals surface area contributed by atoms with Crippen LogP contribution in [-0.4, -0.2) is 0 Å². The van der Waals surface area contributed by atoms with Crippen LogP contribution < -0.4 is 4.72 Å². The molecule has 1 nitrogen and oxygen atoms in total. The van der Waals surface area contributed by atoms with E-state index in [0.29, 0.717) is 0 Å².